The van der Waals surface area contributed by atoms with Crippen LogP contribution < -0.4 is 21.5 Å². The van der Waals surface area contributed by atoms with Crippen LogP contribution in [0.25, 0.3) is 0 Å². The number of nitrogens with zero attached hydrogens (tertiary/aromatic N) is 3. The van der Waals surface area contributed by atoms with Crippen LogP contribution in [0, 0.1) is 0 Å². The van der Waals surface area contributed by atoms with Gasteiger partial charge in [0.2, 0.25) is 11.9 Å². The predicted octanol–water partition coefficient (Wildman–Crippen LogP) is 0.0970. The van der Waals surface area contributed by atoms with Gasteiger partial charge in [0.05, 0.1) is 11.0 Å². The lowest BCUT2D eigenvalue weighted by Crippen LogP contribution is -2.35. The average molecular weight is 303 g/mol. The van der Waals surface area contributed by atoms with E-state index >= 15 is 0 Å². The summed E-state index contributed by atoms with van der Waals surface area (Å²) in [4.78, 5) is 21.2. The van der Waals surface area contributed by atoms with Crippen molar-refractivity contribution in [1.82, 2.24) is 15.3 Å². The topological polar surface area (TPSA) is 96.2 Å². The van der Waals surface area contributed by atoms with Crippen LogP contribution in [-0.2, 0) is 4.79 Å². The Morgan fingerprint density at radius 3 is 2.94 bits per heavy atom. The molecule has 1 heterocycles. The minimum absolute atomic E-state index is 0.0669. The number of hydrogen-bond acceptors (Lipinski definition) is 6. The van der Waals surface area contributed by atoms with Crippen LogP contribution >= 0.6 is 15.9 Å². The summed E-state index contributed by atoms with van der Waals surface area (Å²) in [5, 5.41) is 2.71. The Labute approximate surface area is 108 Å². The number of nitrogens with two attached hydrogens (primary N) is 1. The summed E-state index contributed by atoms with van der Waals surface area (Å²) in [7, 11) is 1.77. The molecule has 1 aromatic rings. The van der Waals surface area contributed by atoms with Crippen molar-refractivity contribution in [3.05, 3.63) is 10.7 Å². The fraction of sp³-hybridized carbons (Fsp3) is 0.444. The van der Waals surface area contributed by atoms with Crippen LogP contribution in [0.1, 0.15) is 6.92 Å². The molecule has 0 fully saturated rings. The van der Waals surface area contributed by atoms with Gasteiger partial charge in [-0.2, -0.15) is 4.98 Å². The number of rotatable bonds is 5. The second-order valence-corrected chi connectivity index (χ2v) is 4.17. The van der Waals surface area contributed by atoms with Crippen molar-refractivity contribution in [2.45, 2.75) is 6.92 Å². The van der Waals surface area contributed by atoms with Crippen molar-refractivity contribution in [1.29, 1.82) is 0 Å². The lowest BCUT2D eigenvalue weighted by Gasteiger charge is -2.19. The Bertz CT molecular complexity index is 399. The number of carbonyl (C=O) groups is 1. The minimum atomic E-state index is -0.0669. The molecule has 0 radical (unpaired) electrons. The van der Waals surface area contributed by atoms with Crippen molar-refractivity contribution in [2.75, 3.05) is 30.5 Å². The van der Waals surface area contributed by atoms with Gasteiger partial charge in [0, 0.05) is 19.8 Å². The molecule has 4 N–H and O–H groups in total. The van der Waals surface area contributed by atoms with E-state index < -0.39 is 0 Å². The minimum Gasteiger partial charge on any atom is -0.355 e. The number of likely N-dealkylation sites (N-methyl/N-ethyl adjacent to an activating group) is 2. The zero-order chi connectivity index (χ0) is 12.8. The monoisotopic (exact) mass is 302 g/mol. The number of hydrazine groups is 1. The molecule has 0 spiro atoms. The molecule has 0 aromatic carbocycles. The van der Waals surface area contributed by atoms with E-state index in [-0.39, 0.29) is 12.5 Å². The van der Waals surface area contributed by atoms with Crippen LogP contribution in [0.4, 0.5) is 11.8 Å². The van der Waals surface area contributed by atoms with E-state index in [9.17, 15) is 4.79 Å². The van der Waals surface area contributed by atoms with Gasteiger partial charge in [0.15, 0.2) is 0 Å². The fourth-order valence-electron chi connectivity index (χ4n) is 1.24. The van der Waals surface area contributed by atoms with E-state index in [1.54, 1.807) is 18.1 Å². The number of aromatic nitrogens is 2. The molecule has 94 valence electrons. The molecule has 0 aliphatic heterocycles. The highest BCUT2D eigenvalue weighted by Gasteiger charge is 2.12. The summed E-state index contributed by atoms with van der Waals surface area (Å²) in [6, 6.07) is 0. The van der Waals surface area contributed by atoms with Crippen molar-refractivity contribution in [2.24, 2.45) is 5.84 Å². The van der Waals surface area contributed by atoms with E-state index in [2.05, 4.69) is 36.6 Å². The van der Waals surface area contributed by atoms with Crippen LogP contribution in [0.3, 0.4) is 0 Å². The normalized spacial score (nSPS) is 9.88. The summed E-state index contributed by atoms with van der Waals surface area (Å²) in [6.07, 6.45) is 1.58. The maximum atomic E-state index is 11.4. The maximum absolute atomic E-state index is 11.4. The highest BCUT2D eigenvalue weighted by molar-refractivity contribution is 9.10. The molecule has 0 aliphatic carbocycles. The molecule has 0 atom stereocenters. The number of nitrogen functional groups attached to an aromatic ring is 1. The molecule has 1 aromatic heterocycles. The Kier molecular flexibility index (Phi) is 5.11. The number of hydrogen-bond donors (Lipinski definition) is 3. The van der Waals surface area contributed by atoms with Crippen LogP contribution in [0.2, 0.25) is 0 Å². The van der Waals surface area contributed by atoms with Gasteiger partial charge < -0.3 is 10.2 Å². The zero-order valence-corrected chi connectivity index (χ0v) is 11.3. The largest absolute Gasteiger partial charge is 0.355 e. The SMILES string of the molecule is CCNC(=O)CN(C)c1nc(NN)ncc1Br. The fourth-order valence-corrected chi connectivity index (χ4v) is 1.73. The number of halogens is 1. The number of anilines is 2. The van der Waals surface area contributed by atoms with Crippen molar-refractivity contribution in [3.63, 3.8) is 0 Å². The van der Waals surface area contributed by atoms with Crippen molar-refractivity contribution in [3.8, 4) is 0 Å². The second kappa shape index (κ2) is 6.36. The first-order chi connectivity index (χ1) is 8.08. The average Bonchev–Trinajstić information content (AvgIpc) is 2.29. The van der Waals surface area contributed by atoms with Gasteiger partial charge in [0.1, 0.15) is 5.82 Å². The van der Waals surface area contributed by atoms with Gasteiger partial charge in [-0.05, 0) is 22.9 Å². The standard InChI is InChI=1S/C9H15BrN6O/c1-3-12-7(17)5-16(2)8-6(10)4-13-9(14-8)15-11/h4H,3,5,11H2,1-2H3,(H,12,17)(H,13,14,15). The third-order valence-electron chi connectivity index (χ3n) is 1.97. The quantitative estimate of drug-likeness (QED) is 0.527. The molecule has 17 heavy (non-hydrogen) atoms. The van der Waals surface area contributed by atoms with E-state index in [4.69, 9.17) is 5.84 Å². The molecule has 0 saturated carbocycles. The van der Waals surface area contributed by atoms with Gasteiger partial charge in [-0.25, -0.2) is 10.8 Å². The highest BCUT2D eigenvalue weighted by Crippen LogP contribution is 2.22. The summed E-state index contributed by atoms with van der Waals surface area (Å²) in [5.74, 6) is 6.06. The summed E-state index contributed by atoms with van der Waals surface area (Å²) in [6.45, 7) is 2.69. The Hall–Kier alpha value is -1.41. The smallest absolute Gasteiger partial charge is 0.239 e. The lowest BCUT2D eigenvalue weighted by atomic mass is 10.4. The molecule has 1 rings (SSSR count). The number of carbonyl (C=O) groups excluding carboxylic acids is 1. The Balaban J connectivity index is 2.80. The van der Waals surface area contributed by atoms with E-state index in [0.717, 1.165) is 0 Å². The summed E-state index contributed by atoms with van der Waals surface area (Å²) in [5.41, 5.74) is 2.36. The van der Waals surface area contributed by atoms with Gasteiger partial charge >= 0.3 is 0 Å². The van der Waals surface area contributed by atoms with E-state index in [1.807, 2.05) is 6.92 Å². The zero-order valence-electron chi connectivity index (χ0n) is 9.70. The van der Waals surface area contributed by atoms with Crippen LogP contribution in [0.15, 0.2) is 10.7 Å². The molecule has 7 nitrogen and oxygen atoms in total. The number of nitrogens with one attached hydrogen (secondary N) is 2. The van der Waals surface area contributed by atoms with Crippen LogP contribution in [0.5, 0.6) is 0 Å². The van der Waals surface area contributed by atoms with Gasteiger partial charge in [0.25, 0.3) is 0 Å². The lowest BCUT2D eigenvalue weighted by molar-refractivity contribution is -0.119. The maximum Gasteiger partial charge on any atom is 0.239 e. The second-order valence-electron chi connectivity index (χ2n) is 3.32. The van der Waals surface area contributed by atoms with E-state index in [0.29, 0.717) is 22.8 Å². The van der Waals surface area contributed by atoms with Gasteiger partial charge in [-0.3, -0.25) is 10.2 Å². The highest BCUT2D eigenvalue weighted by atomic mass is 79.9. The van der Waals surface area contributed by atoms with Crippen LogP contribution in [-0.4, -0.2) is 36.0 Å². The predicted molar refractivity (Wildman–Crippen MR) is 69.5 cm³/mol. The number of amides is 1. The van der Waals surface area contributed by atoms with Crippen molar-refractivity contribution >= 4 is 33.6 Å². The third-order valence-corrected chi connectivity index (χ3v) is 2.53. The molecule has 0 aliphatic rings. The third kappa shape index (κ3) is 3.82. The molecule has 0 saturated heterocycles. The summed E-state index contributed by atoms with van der Waals surface area (Å²) >= 11 is 3.32. The Morgan fingerprint density at radius 1 is 1.65 bits per heavy atom. The molecular formula is C9H15BrN6O. The Morgan fingerprint density at radius 2 is 2.35 bits per heavy atom. The molecule has 1 amide bonds. The first kappa shape index (κ1) is 13.7. The van der Waals surface area contributed by atoms with Gasteiger partial charge in [-0.15, -0.1) is 0 Å². The molecular weight excluding hydrogens is 288 g/mol. The summed E-state index contributed by atoms with van der Waals surface area (Å²) < 4.78 is 0.697. The first-order valence-corrected chi connectivity index (χ1v) is 5.84. The molecule has 0 bridgehead atoms. The molecule has 0 unspecified atom stereocenters. The van der Waals surface area contributed by atoms with Gasteiger partial charge in [-0.1, -0.05) is 0 Å². The molecule has 8 heteroatoms. The van der Waals surface area contributed by atoms with E-state index in [1.165, 1.54) is 0 Å². The first-order valence-electron chi connectivity index (χ1n) is 5.05. The van der Waals surface area contributed by atoms with Crippen molar-refractivity contribution < 1.29 is 4.79 Å².